The highest BCUT2D eigenvalue weighted by Gasteiger charge is 2.50. The van der Waals surface area contributed by atoms with E-state index in [2.05, 4.69) is 41.3 Å². The molecule has 1 aromatic heterocycles. The molecule has 2 amide bonds. The van der Waals surface area contributed by atoms with Crippen LogP contribution in [0.25, 0.3) is 0 Å². The molecule has 1 aliphatic heterocycles. The minimum Gasteiger partial charge on any atom is -0.378 e. The summed E-state index contributed by atoms with van der Waals surface area (Å²) in [6, 6.07) is 0.250. The highest BCUT2D eigenvalue weighted by atomic mass is 16.5. The van der Waals surface area contributed by atoms with E-state index in [9.17, 15) is 4.79 Å². The second-order valence-corrected chi connectivity index (χ2v) is 7.90. The quantitative estimate of drug-likeness (QED) is 0.774. The van der Waals surface area contributed by atoms with Crippen molar-refractivity contribution >= 4 is 6.03 Å². The molecule has 0 aromatic carbocycles. The first kappa shape index (κ1) is 18.2. The lowest BCUT2D eigenvalue weighted by Crippen LogP contribution is -2.63. The molecule has 1 saturated carbocycles. The van der Waals surface area contributed by atoms with Crippen molar-refractivity contribution in [2.45, 2.75) is 70.9 Å². The van der Waals surface area contributed by atoms with Gasteiger partial charge in [-0.15, -0.1) is 0 Å². The third-order valence-electron chi connectivity index (χ3n) is 5.89. The molecule has 2 fully saturated rings. The number of rotatable bonds is 6. The lowest BCUT2D eigenvalue weighted by atomic mass is 9.64. The number of hydrogen-bond acceptors (Lipinski definition) is 4. The minimum atomic E-state index is 0.00155. The number of aromatic nitrogens is 3. The van der Waals surface area contributed by atoms with Gasteiger partial charge < -0.3 is 15.0 Å². The van der Waals surface area contributed by atoms with Crippen LogP contribution in [0, 0.1) is 5.41 Å². The van der Waals surface area contributed by atoms with Crippen LogP contribution in [0.5, 0.6) is 0 Å². The second-order valence-electron chi connectivity index (χ2n) is 7.90. The Morgan fingerprint density at radius 2 is 2.20 bits per heavy atom. The van der Waals surface area contributed by atoms with E-state index in [1.165, 1.54) is 0 Å². The van der Waals surface area contributed by atoms with Crippen LogP contribution in [0.2, 0.25) is 0 Å². The number of carbonyl (C=O) groups excluding carboxylic acids is 1. The van der Waals surface area contributed by atoms with Crippen LogP contribution in [-0.2, 0) is 4.74 Å². The maximum absolute atomic E-state index is 12.6. The Morgan fingerprint density at radius 1 is 1.44 bits per heavy atom. The fraction of sp³-hybridized carbons (Fsp3) is 0.833. The molecule has 2 aliphatic rings. The number of ether oxygens (including phenoxy) is 1. The van der Waals surface area contributed by atoms with Crippen LogP contribution < -0.4 is 5.32 Å². The molecule has 1 aliphatic carbocycles. The van der Waals surface area contributed by atoms with E-state index >= 15 is 0 Å². The van der Waals surface area contributed by atoms with E-state index in [-0.39, 0.29) is 23.6 Å². The first-order valence-corrected chi connectivity index (χ1v) is 9.54. The predicted octanol–water partition coefficient (Wildman–Crippen LogP) is 2.68. The van der Waals surface area contributed by atoms with E-state index in [1.54, 1.807) is 6.33 Å². The normalized spacial score (nSPS) is 26.3. The number of aromatic amines is 1. The Morgan fingerprint density at radius 3 is 2.80 bits per heavy atom. The Hall–Kier alpha value is -1.63. The van der Waals surface area contributed by atoms with Gasteiger partial charge in [0.1, 0.15) is 12.2 Å². The molecule has 0 unspecified atom stereocenters. The summed E-state index contributed by atoms with van der Waals surface area (Å²) in [4.78, 5) is 18.8. The molecule has 7 nitrogen and oxygen atoms in total. The molecule has 2 N–H and O–H groups in total. The Labute approximate surface area is 149 Å². The first-order chi connectivity index (χ1) is 12.0. The van der Waals surface area contributed by atoms with E-state index in [1.807, 2.05) is 4.90 Å². The standard InChI is InChI=1S/C18H31N5O2/c1-4-5-10-25-15-11-14(18(15,2)3)21-17(24)23-8-6-13(7-9-23)16-19-12-20-22-16/h12-15H,4-11H2,1-3H3,(H,21,24)(H,19,20,22)/t14-,15+/m1/s1. The van der Waals surface area contributed by atoms with Gasteiger partial charge in [-0.1, -0.05) is 27.2 Å². The number of piperidine rings is 1. The Bertz CT molecular complexity index is 552. The van der Waals surface area contributed by atoms with E-state index < -0.39 is 0 Å². The molecule has 0 spiro atoms. The number of carbonyl (C=O) groups is 1. The van der Waals surface area contributed by atoms with Gasteiger partial charge in [0.15, 0.2) is 0 Å². The third-order valence-corrected chi connectivity index (χ3v) is 5.89. The Kier molecular flexibility index (Phi) is 5.61. The third kappa shape index (κ3) is 3.97. The van der Waals surface area contributed by atoms with Crippen molar-refractivity contribution in [3.63, 3.8) is 0 Å². The summed E-state index contributed by atoms with van der Waals surface area (Å²) in [6.07, 6.45) is 6.82. The van der Waals surface area contributed by atoms with Crippen LogP contribution in [0.3, 0.4) is 0 Å². The first-order valence-electron chi connectivity index (χ1n) is 9.54. The topological polar surface area (TPSA) is 83.1 Å². The van der Waals surface area contributed by atoms with Crippen molar-refractivity contribution in [2.75, 3.05) is 19.7 Å². The van der Waals surface area contributed by atoms with Gasteiger partial charge in [0.05, 0.1) is 6.10 Å². The summed E-state index contributed by atoms with van der Waals surface area (Å²) in [5.41, 5.74) is 0.00155. The summed E-state index contributed by atoms with van der Waals surface area (Å²) in [5.74, 6) is 1.32. The summed E-state index contributed by atoms with van der Waals surface area (Å²) in [5, 5.41) is 10.1. The minimum absolute atomic E-state index is 0.00155. The molecular weight excluding hydrogens is 318 g/mol. The van der Waals surface area contributed by atoms with Gasteiger partial charge in [-0.3, -0.25) is 5.10 Å². The van der Waals surface area contributed by atoms with Gasteiger partial charge in [0.2, 0.25) is 0 Å². The molecule has 2 heterocycles. The molecule has 1 saturated heterocycles. The van der Waals surface area contributed by atoms with Gasteiger partial charge in [0.25, 0.3) is 0 Å². The summed E-state index contributed by atoms with van der Waals surface area (Å²) >= 11 is 0. The van der Waals surface area contributed by atoms with Gasteiger partial charge in [-0.2, -0.15) is 5.10 Å². The fourth-order valence-electron chi connectivity index (χ4n) is 3.79. The maximum Gasteiger partial charge on any atom is 0.317 e. The molecule has 1 aromatic rings. The molecular formula is C18H31N5O2. The molecule has 3 rings (SSSR count). The van der Waals surface area contributed by atoms with E-state index in [0.717, 1.165) is 57.6 Å². The van der Waals surface area contributed by atoms with Crippen molar-refractivity contribution < 1.29 is 9.53 Å². The van der Waals surface area contributed by atoms with Crippen LogP contribution in [0.1, 0.15) is 64.6 Å². The number of likely N-dealkylation sites (tertiary alicyclic amines) is 1. The van der Waals surface area contributed by atoms with Crippen LogP contribution in [0.4, 0.5) is 4.79 Å². The molecule has 7 heteroatoms. The van der Waals surface area contributed by atoms with Crippen LogP contribution in [-0.4, -0.2) is 58.0 Å². The molecule has 2 atom stereocenters. The van der Waals surface area contributed by atoms with E-state index in [4.69, 9.17) is 4.74 Å². The number of urea groups is 1. The zero-order valence-corrected chi connectivity index (χ0v) is 15.6. The number of amides is 2. The molecule has 0 radical (unpaired) electrons. The average molecular weight is 349 g/mol. The lowest BCUT2D eigenvalue weighted by Gasteiger charge is -2.52. The predicted molar refractivity (Wildman–Crippen MR) is 95.3 cm³/mol. The second kappa shape index (κ2) is 7.72. The highest BCUT2D eigenvalue weighted by Crippen LogP contribution is 2.43. The Balaban J connectivity index is 1.43. The lowest BCUT2D eigenvalue weighted by molar-refractivity contribution is -0.115. The van der Waals surface area contributed by atoms with Crippen molar-refractivity contribution in [3.8, 4) is 0 Å². The summed E-state index contributed by atoms with van der Waals surface area (Å²) in [6.45, 7) is 8.90. The van der Waals surface area contributed by atoms with Crippen LogP contribution in [0.15, 0.2) is 6.33 Å². The summed E-state index contributed by atoms with van der Waals surface area (Å²) < 4.78 is 5.97. The van der Waals surface area contributed by atoms with Crippen molar-refractivity contribution in [3.05, 3.63) is 12.2 Å². The molecule has 140 valence electrons. The van der Waals surface area contributed by atoms with Crippen molar-refractivity contribution in [1.29, 1.82) is 0 Å². The van der Waals surface area contributed by atoms with Gasteiger partial charge in [0, 0.05) is 37.1 Å². The largest absolute Gasteiger partial charge is 0.378 e. The zero-order valence-electron chi connectivity index (χ0n) is 15.6. The van der Waals surface area contributed by atoms with Crippen molar-refractivity contribution in [1.82, 2.24) is 25.4 Å². The van der Waals surface area contributed by atoms with Crippen molar-refractivity contribution in [2.24, 2.45) is 5.41 Å². The molecule has 0 bridgehead atoms. The fourth-order valence-corrected chi connectivity index (χ4v) is 3.79. The number of nitrogens with zero attached hydrogens (tertiary/aromatic N) is 3. The van der Waals surface area contributed by atoms with Crippen LogP contribution >= 0.6 is 0 Å². The van der Waals surface area contributed by atoms with Gasteiger partial charge >= 0.3 is 6.03 Å². The highest BCUT2D eigenvalue weighted by molar-refractivity contribution is 5.75. The number of hydrogen-bond donors (Lipinski definition) is 2. The number of nitrogens with one attached hydrogen (secondary N) is 2. The summed E-state index contributed by atoms with van der Waals surface area (Å²) in [7, 11) is 0. The average Bonchev–Trinajstić information content (AvgIpc) is 3.15. The molecule has 25 heavy (non-hydrogen) atoms. The van der Waals surface area contributed by atoms with Gasteiger partial charge in [-0.05, 0) is 25.7 Å². The monoisotopic (exact) mass is 349 g/mol. The SMILES string of the molecule is CCCCO[C@H]1C[C@@H](NC(=O)N2CCC(c3ncn[nH]3)CC2)C1(C)C. The smallest absolute Gasteiger partial charge is 0.317 e. The van der Waals surface area contributed by atoms with E-state index in [0.29, 0.717) is 5.92 Å². The zero-order chi connectivity index (χ0) is 17.9. The van der Waals surface area contributed by atoms with Gasteiger partial charge in [-0.25, -0.2) is 9.78 Å². The number of H-pyrrole nitrogens is 1. The number of unbranched alkanes of at least 4 members (excludes halogenated alkanes) is 1. The maximum atomic E-state index is 12.6.